The quantitative estimate of drug-likeness (QED) is 0.768. The van der Waals surface area contributed by atoms with Crippen LogP contribution in [0, 0.1) is 5.41 Å². The standard InChI is InChI=1S/C15H20O4/c1-14(2,3)9-17-10-7-6-8-11-12(10)13(16)19-15(4,5)18-11/h6-8H,9H2,1-5H3. The van der Waals surface area contributed by atoms with Gasteiger partial charge in [-0.2, -0.15) is 0 Å². The third kappa shape index (κ3) is 3.19. The summed E-state index contributed by atoms with van der Waals surface area (Å²) in [5.41, 5.74) is 0.382. The smallest absolute Gasteiger partial charge is 0.349 e. The number of fused-ring (bicyclic) bond motifs is 1. The van der Waals surface area contributed by atoms with Gasteiger partial charge in [0.15, 0.2) is 0 Å². The van der Waals surface area contributed by atoms with Gasteiger partial charge in [-0.05, 0) is 17.5 Å². The Morgan fingerprint density at radius 1 is 1.21 bits per heavy atom. The first-order valence-corrected chi connectivity index (χ1v) is 6.36. The summed E-state index contributed by atoms with van der Waals surface area (Å²) in [4.78, 5) is 12.1. The Hall–Kier alpha value is -1.71. The third-order valence-corrected chi connectivity index (χ3v) is 2.55. The van der Waals surface area contributed by atoms with Crippen LogP contribution in [0.15, 0.2) is 18.2 Å². The van der Waals surface area contributed by atoms with Crippen LogP contribution in [-0.4, -0.2) is 18.4 Å². The number of carbonyl (C=O) groups excluding carboxylic acids is 1. The number of esters is 1. The lowest BCUT2D eigenvalue weighted by atomic mass is 9.98. The molecule has 0 N–H and O–H groups in total. The second kappa shape index (κ2) is 4.44. The molecule has 4 nitrogen and oxygen atoms in total. The average Bonchev–Trinajstić information content (AvgIpc) is 2.22. The lowest BCUT2D eigenvalue weighted by Gasteiger charge is -2.32. The summed E-state index contributed by atoms with van der Waals surface area (Å²) >= 11 is 0. The molecule has 1 aliphatic heterocycles. The minimum absolute atomic E-state index is 0.0153. The van der Waals surface area contributed by atoms with Crippen LogP contribution in [0.25, 0.3) is 0 Å². The van der Waals surface area contributed by atoms with E-state index in [2.05, 4.69) is 20.8 Å². The molecular weight excluding hydrogens is 244 g/mol. The molecule has 2 rings (SSSR count). The number of hydrogen-bond acceptors (Lipinski definition) is 4. The average molecular weight is 264 g/mol. The molecule has 0 amide bonds. The molecule has 0 saturated heterocycles. The molecule has 4 heteroatoms. The number of rotatable bonds is 2. The molecule has 1 heterocycles. The zero-order valence-electron chi connectivity index (χ0n) is 12.1. The number of benzene rings is 1. The molecule has 0 aliphatic carbocycles. The van der Waals surface area contributed by atoms with Crippen molar-refractivity contribution in [3.05, 3.63) is 23.8 Å². The number of hydrogen-bond donors (Lipinski definition) is 0. The molecule has 1 aromatic carbocycles. The van der Waals surface area contributed by atoms with E-state index in [0.29, 0.717) is 23.7 Å². The number of carbonyl (C=O) groups is 1. The fourth-order valence-electron chi connectivity index (χ4n) is 1.77. The van der Waals surface area contributed by atoms with Gasteiger partial charge in [0, 0.05) is 13.8 Å². The predicted molar refractivity (Wildman–Crippen MR) is 71.5 cm³/mol. The van der Waals surface area contributed by atoms with E-state index in [4.69, 9.17) is 14.2 Å². The maximum Gasteiger partial charge on any atom is 0.349 e. The van der Waals surface area contributed by atoms with Gasteiger partial charge in [0.05, 0.1) is 6.61 Å². The highest BCUT2D eigenvalue weighted by Crippen LogP contribution is 2.37. The summed E-state index contributed by atoms with van der Waals surface area (Å²) in [5, 5.41) is 0. The Bertz CT molecular complexity index is 497. The van der Waals surface area contributed by atoms with Crippen molar-refractivity contribution in [2.24, 2.45) is 5.41 Å². The second-order valence-corrected chi connectivity index (χ2v) is 6.37. The van der Waals surface area contributed by atoms with Gasteiger partial charge in [0.1, 0.15) is 17.1 Å². The fraction of sp³-hybridized carbons (Fsp3) is 0.533. The van der Waals surface area contributed by atoms with Crippen molar-refractivity contribution in [1.82, 2.24) is 0 Å². The van der Waals surface area contributed by atoms with Gasteiger partial charge in [-0.15, -0.1) is 0 Å². The highest BCUT2D eigenvalue weighted by molar-refractivity contribution is 5.96. The van der Waals surface area contributed by atoms with Crippen LogP contribution in [0.1, 0.15) is 45.0 Å². The number of ether oxygens (including phenoxy) is 3. The van der Waals surface area contributed by atoms with Gasteiger partial charge in [-0.1, -0.05) is 26.8 Å². The lowest BCUT2D eigenvalue weighted by molar-refractivity contribution is -0.127. The molecule has 0 fully saturated rings. The molecule has 0 aromatic heterocycles. The molecule has 0 atom stereocenters. The van der Waals surface area contributed by atoms with E-state index in [0.717, 1.165) is 0 Å². The second-order valence-electron chi connectivity index (χ2n) is 6.37. The zero-order valence-corrected chi connectivity index (χ0v) is 12.1. The fourth-order valence-corrected chi connectivity index (χ4v) is 1.77. The van der Waals surface area contributed by atoms with Gasteiger partial charge in [-0.3, -0.25) is 0 Å². The molecule has 0 unspecified atom stereocenters. The molecular formula is C15H20O4. The van der Waals surface area contributed by atoms with Crippen molar-refractivity contribution in [3.63, 3.8) is 0 Å². The molecule has 19 heavy (non-hydrogen) atoms. The van der Waals surface area contributed by atoms with Crippen LogP contribution in [0.4, 0.5) is 0 Å². The van der Waals surface area contributed by atoms with Crippen molar-refractivity contribution in [3.8, 4) is 11.5 Å². The van der Waals surface area contributed by atoms with Crippen molar-refractivity contribution in [1.29, 1.82) is 0 Å². The van der Waals surface area contributed by atoms with Gasteiger partial charge in [-0.25, -0.2) is 4.79 Å². The summed E-state index contributed by atoms with van der Waals surface area (Å²) < 4.78 is 16.6. The summed E-state index contributed by atoms with van der Waals surface area (Å²) in [6, 6.07) is 5.32. The molecule has 0 radical (unpaired) electrons. The van der Waals surface area contributed by atoms with Crippen LogP contribution in [0.2, 0.25) is 0 Å². The topological polar surface area (TPSA) is 44.8 Å². The Kier molecular flexibility index (Phi) is 3.20. The summed E-state index contributed by atoms with van der Waals surface area (Å²) in [6.45, 7) is 10.1. The summed E-state index contributed by atoms with van der Waals surface area (Å²) in [7, 11) is 0. The minimum Gasteiger partial charge on any atom is -0.492 e. The maximum absolute atomic E-state index is 12.1. The van der Waals surface area contributed by atoms with Crippen LogP contribution in [0.5, 0.6) is 11.5 Å². The van der Waals surface area contributed by atoms with Gasteiger partial charge < -0.3 is 14.2 Å². The molecule has 104 valence electrons. The zero-order chi connectivity index (χ0) is 14.3. The van der Waals surface area contributed by atoms with Crippen LogP contribution < -0.4 is 9.47 Å². The Balaban J connectivity index is 2.31. The normalized spacial score (nSPS) is 17.2. The first kappa shape index (κ1) is 13.7. The third-order valence-electron chi connectivity index (χ3n) is 2.55. The summed E-state index contributed by atoms with van der Waals surface area (Å²) in [5.74, 6) is -0.330. The van der Waals surface area contributed by atoms with Crippen molar-refractivity contribution in [2.45, 2.75) is 40.4 Å². The SMILES string of the molecule is CC(C)(C)COc1cccc2c1C(=O)OC(C)(C)O2. The van der Waals surface area contributed by atoms with E-state index >= 15 is 0 Å². The molecule has 1 aromatic rings. The van der Waals surface area contributed by atoms with Crippen LogP contribution >= 0.6 is 0 Å². The van der Waals surface area contributed by atoms with E-state index in [9.17, 15) is 4.79 Å². The van der Waals surface area contributed by atoms with Crippen LogP contribution in [-0.2, 0) is 4.74 Å². The lowest BCUT2D eigenvalue weighted by Crippen LogP contribution is -2.39. The first-order valence-electron chi connectivity index (χ1n) is 6.36. The van der Waals surface area contributed by atoms with Gasteiger partial charge in [0.2, 0.25) is 5.79 Å². The Morgan fingerprint density at radius 3 is 2.53 bits per heavy atom. The minimum atomic E-state index is -0.938. The van der Waals surface area contributed by atoms with Crippen molar-refractivity contribution in [2.75, 3.05) is 6.61 Å². The highest BCUT2D eigenvalue weighted by Gasteiger charge is 2.36. The van der Waals surface area contributed by atoms with E-state index in [1.165, 1.54) is 0 Å². The largest absolute Gasteiger partial charge is 0.492 e. The summed E-state index contributed by atoms with van der Waals surface area (Å²) in [6.07, 6.45) is 0. The van der Waals surface area contributed by atoms with E-state index in [1.54, 1.807) is 26.0 Å². The molecule has 0 spiro atoms. The Labute approximate surface area is 113 Å². The van der Waals surface area contributed by atoms with E-state index < -0.39 is 11.8 Å². The molecule has 0 bridgehead atoms. The van der Waals surface area contributed by atoms with Crippen molar-refractivity contribution >= 4 is 5.97 Å². The molecule has 1 aliphatic rings. The predicted octanol–water partition coefficient (Wildman–Crippen LogP) is 3.40. The Morgan fingerprint density at radius 2 is 1.89 bits per heavy atom. The van der Waals surface area contributed by atoms with Gasteiger partial charge >= 0.3 is 5.97 Å². The monoisotopic (exact) mass is 264 g/mol. The number of cyclic esters (lactones) is 1. The van der Waals surface area contributed by atoms with E-state index in [-0.39, 0.29) is 5.41 Å². The van der Waals surface area contributed by atoms with Crippen LogP contribution in [0.3, 0.4) is 0 Å². The maximum atomic E-state index is 12.1. The van der Waals surface area contributed by atoms with Crippen molar-refractivity contribution < 1.29 is 19.0 Å². The molecule has 0 saturated carbocycles. The van der Waals surface area contributed by atoms with E-state index in [1.807, 2.05) is 6.07 Å². The highest BCUT2D eigenvalue weighted by atomic mass is 16.7. The van der Waals surface area contributed by atoms with Gasteiger partial charge in [0.25, 0.3) is 0 Å². The first-order chi connectivity index (χ1) is 8.68.